The molecule has 0 radical (unpaired) electrons. The summed E-state index contributed by atoms with van der Waals surface area (Å²) in [4.78, 5) is 1.43. The van der Waals surface area contributed by atoms with Gasteiger partial charge in [0, 0.05) is 13.2 Å². The number of unbranched alkanes of at least 4 members (excludes halogenated alkanes) is 1. The van der Waals surface area contributed by atoms with E-state index >= 15 is 0 Å². The van der Waals surface area contributed by atoms with Gasteiger partial charge in [0.15, 0.2) is 5.82 Å². The van der Waals surface area contributed by atoms with Crippen LogP contribution in [0.2, 0.25) is 0 Å². The fraction of sp³-hybridized carbons (Fsp3) is 0.692. The lowest BCUT2D eigenvalue weighted by Gasteiger charge is -1.78. The molecular formula is C13H27FN6. The number of alkyl halides is 1. The molecule has 7 heteroatoms. The molecule has 0 aliphatic carbocycles. The minimum absolute atomic E-state index is 0.500. The fourth-order valence-electron chi connectivity index (χ4n) is 0.922. The second-order valence-corrected chi connectivity index (χ2v) is 4.02. The Bertz CT molecular complexity index is 351. The third-order valence-electron chi connectivity index (χ3n) is 1.94. The van der Waals surface area contributed by atoms with Gasteiger partial charge in [-0.05, 0) is 24.6 Å². The Labute approximate surface area is 121 Å². The highest BCUT2D eigenvalue weighted by Crippen LogP contribution is 1.88. The summed E-state index contributed by atoms with van der Waals surface area (Å²) in [7, 11) is 4.15. The summed E-state index contributed by atoms with van der Waals surface area (Å²) in [5, 5.41) is 14.9. The van der Waals surface area contributed by atoms with Gasteiger partial charge in [0.2, 0.25) is 0 Å². The van der Waals surface area contributed by atoms with E-state index in [4.69, 9.17) is 0 Å². The first kappa shape index (κ1) is 20.5. The van der Waals surface area contributed by atoms with E-state index in [0.29, 0.717) is 13.0 Å². The Morgan fingerprint density at radius 1 is 1.10 bits per heavy atom. The van der Waals surface area contributed by atoms with Crippen molar-refractivity contribution in [2.75, 3.05) is 7.18 Å². The molecule has 0 atom stereocenters. The van der Waals surface area contributed by atoms with Crippen LogP contribution in [-0.2, 0) is 14.1 Å². The maximum Gasteiger partial charge on any atom is 0.171 e. The van der Waals surface area contributed by atoms with Crippen LogP contribution in [0.3, 0.4) is 0 Å². The molecule has 0 saturated heterocycles. The second-order valence-electron chi connectivity index (χ2n) is 4.02. The zero-order valence-corrected chi connectivity index (χ0v) is 13.6. The molecule has 116 valence electrons. The zero-order valence-electron chi connectivity index (χ0n) is 13.6. The van der Waals surface area contributed by atoms with Crippen LogP contribution in [0.15, 0.2) is 12.4 Å². The number of aryl methyl sites for hydroxylation is 4. The van der Waals surface area contributed by atoms with Gasteiger partial charge in [-0.1, -0.05) is 26.7 Å². The highest BCUT2D eigenvalue weighted by Gasteiger charge is 1.85. The molecule has 0 fully saturated rings. The van der Waals surface area contributed by atoms with Crippen molar-refractivity contribution in [2.45, 2.75) is 40.5 Å². The molecule has 0 N–H and O–H groups in total. The molecule has 0 unspecified atom stereocenters. The summed E-state index contributed by atoms with van der Waals surface area (Å²) in [6, 6.07) is 0. The summed E-state index contributed by atoms with van der Waals surface area (Å²) >= 11 is 0. The zero-order chi connectivity index (χ0) is 16.0. The third-order valence-corrected chi connectivity index (χ3v) is 1.94. The first-order valence-electron chi connectivity index (χ1n) is 6.53. The molecule has 0 saturated carbocycles. The van der Waals surface area contributed by atoms with E-state index in [0.717, 1.165) is 0 Å². The van der Waals surface area contributed by atoms with E-state index in [9.17, 15) is 4.39 Å². The predicted molar refractivity (Wildman–Crippen MR) is 79.1 cm³/mol. The normalized spacial score (nSPS) is 8.40. The predicted octanol–water partition coefficient (Wildman–Crippen LogP) is 2.64. The van der Waals surface area contributed by atoms with Gasteiger partial charge in [-0.2, -0.15) is 9.90 Å². The van der Waals surface area contributed by atoms with E-state index in [2.05, 4.69) is 34.4 Å². The molecule has 20 heavy (non-hydrogen) atoms. The summed E-state index contributed by atoms with van der Waals surface area (Å²) in [6.45, 7) is 8.18. The van der Waals surface area contributed by atoms with Crippen molar-refractivity contribution in [1.29, 1.82) is 0 Å². The molecule has 2 aromatic heterocycles. The van der Waals surface area contributed by atoms with Crippen molar-refractivity contribution < 1.29 is 4.39 Å². The van der Waals surface area contributed by atoms with Gasteiger partial charge in [-0.3, -0.25) is 9.07 Å². The number of tetrazole rings is 1. The largest absolute Gasteiger partial charge is 0.276 e. The Morgan fingerprint density at radius 2 is 1.65 bits per heavy atom. The smallest absolute Gasteiger partial charge is 0.171 e. The second kappa shape index (κ2) is 13.6. The monoisotopic (exact) mass is 286 g/mol. The Kier molecular flexibility index (Phi) is 14.0. The van der Waals surface area contributed by atoms with Crippen molar-refractivity contribution >= 4 is 0 Å². The van der Waals surface area contributed by atoms with Crippen LogP contribution < -0.4 is 0 Å². The first-order valence-corrected chi connectivity index (χ1v) is 6.53. The first-order chi connectivity index (χ1) is 9.49. The van der Waals surface area contributed by atoms with Crippen LogP contribution >= 0.6 is 0 Å². The summed E-state index contributed by atoms with van der Waals surface area (Å²) < 4.78 is 11.3. The third kappa shape index (κ3) is 12.7. The number of halogens is 1. The number of hydrogen-bond acceptors (Lipinski definition) is 4. The van der Waals surface area contributed by atoms with Crippen molar-refractivity contribution in [3.63, 3.8) is 0 Å². The average Bonchev–Trinajstić information content (AvgIpc) is 3.01. The minimum atomic E-state index is 0.500. The number of rotatable bonds is 1. The molecule has 0 bridgehead atoms. The highest BCUT2D eigenvalue weighted by atomic mass is 19.1. The van der Waals surface area contributed by atoms with E-state index in [-0.39, 0.29) is 0 Å². The molecule has 2 rings (SSSR count). The van der Waals surface area contributed by atoms with E-state index < -0.39 is 0 Å². The maximum absolute atomic E-state index is 9.50. The summed E-state index contributed by atoms with van der Waals surface area (Å²) in [5.74, 6) is 0.711. The SMILES string of the molecule is CCCC.CF.Cc1cnn(C)c1.Cc1nnn(C)n1. The maximum atomic E-state index is 9.50. The van der Waals surface area contributed by atoms with Crippen LogP contribution in [0.5, 0.6) is 0 Å². The Hall–Kier alpha value is -1.79. The van der Waals surface area contributed by atoms with Gasteiger partial charge in [0.1, 0.15) is 0 Å². The standard InChI is InChI=1S/C5H8N2.C4H10.C3H6N4.CH3F/c1-5-3-6-7(2)4-5;1-3-4-2;1-3-4-6-7(2)5-3;1-2/h3-4H,1-2H3;3-4H2,1-2H3;1-2H3;1H3. The minimum Gasteiger partial charge on any atom is -0.276 e. The van der Waals surface area contributed by atoms with Crippen LogP contribution in [0.25, 0.3) is 0 Å². The average molecular weight is 286 g/mol. The van der Waals surface area contributed by atoms with Gasteiger partial charge in [0.25, 0.3) is 0 Å². The summed E-state index contributed by atoms with van der Waals surface area (Å²) in [6.07, 6.45) is 6.44. The molecule has 0 spiro atoms. The van der Waals surface area contributed by atoms with Crippen molar-refractivity contribution in [1.82, 2.24) is 30.0 Å². The molecule has 2 heterocycles. The Morgan fingerprint density at radius 3 is 1.75 bits per heavy atom. The lowest BCUT2D eigenvalue weighted by Crippen LogP contribution is -1.91. The van der Waals surface area contributed by atoms with Gasteiger partial charge in [0.05, 0.1) is 20.4 Å². The van der Waals surface area contributed by atoms with Crippen LogP contribution in [0.4, 0.5) is 4.39 Å². The fourth-order valence-corrected chi connectivity index (χ4v) is 0.922. The molecular weight excluding hydrogens is 259 g/mol. The lowest BCUT2D eigenvalue weighted by molar-refractivity contribution is 0.629. The lowest BCUT2D eigenvalue weighted by atomic mass is 10.4. The quantitative estimate of drug-likeness (QED) is 0.808. The number of hydrogen-bond donors (Lipinski definition) is 0. The number of aromatic nitrogens is 6. The highest BCUT2D eigenvalue weighted by molar-refractivity contribution is 4.98. The topological polar surface area (TPSA) is 61.4 Å². The van der Waals surface area contributed by atoms with Crippen molar-refractivity contribution in [3.8, 4) is 0 Å². The molecule has 0 amide bonds. The van der Waals surface area contributed by atoms with E-state index in [1.807, 2.05) is 26.4 Å². The van der Waals surface area contributed by atoms with Gasteiger partial charge >= 0.3 is 0 Å². The molecule has 2 aromatic rings. The van der Waals surface area contributed by atoms with Gasteiger partial charge < -0.3 is 0 Å². The summed E-state index contributed by atoms with van der Waals surface area (Å²) in [5.41, 5.74) is 1.21. The van der Waals surface area contributed by atoms with E-state index in [1.54, 1.807) is 18.7 Å². The number of nitrogens with zero attached hydrogens (tertiary/aromatic N) is 6. The molecule has 0 aliphatic heterocycles. The van der Waals surface area contributed by atoms with Gasteiger partial charge in [-0.15, -0.1) is 10.2 Å². The molecule has 0 aromatic carbocycles. The van der Waals surface area contributed by atoms with Crippen molar-refractivity contribution in [3.05, 3.63) is 23.8 Å². The molecule has 0 aliphatic rings. The van der Waals surface area contributed by atoms with Crippen molar-refractivity contribution in [2.24, 2.45) is 14.1 Å². The molecule has 6 nitrogen and oxygen atoms in total. The van der Waals surface area contributed by atoms with E-state index in [1.165, 1.54) is 23.2 Å². The van der Waals surface area contributed by atoms with Crippen LogP contribution in [0.1, 0.15) is 38.1 Å². The Balaban J connectivity index is 0. The van der Waals surface area contributed by atoms with Crippen LogP contribution in [-0.4, -0.2) is 37.2 Å². The van der Waals surface area contributed by atoms with Crippen LogP contribution in [0, 0.1) is 13.8 Å². The van der Waals surface area contributed by atoms with Gasteiger partial charge in [-0.25, -0.2) is 0 Å².